The highest BCUT2D eigenvalue weighted by Crippen LogP contribution is 2.35. The summed E-state index contributed by atoms with van der Waals surface area (Å²) in [6.07, 6.45) is 1.03. The Hall–Kier alpha value is -1.51. The number of hydrogen-bond acceptors (Lipinski definition) is 2. The Bertz CT molecular complexity index is 592. The van der Waals surface area contributed by atoms with E-state index >= 15 is 0 Å². The molecule has 2 aromatic rings. The van der Waals surface area contributed by atoms with Gasteiger partial charge in [0.25, 0.3) is 0 Å². The summed E-state index contributed by atoms with van der Waals surface area (Å²) >= 11 is 6.42. The van der Waals surface area contributed by atoms with Gasteiger partial charge in [0, 0.05) is 17.1 Å². The molecular formula is C16H16ClNO. The van der Waals surface area contributed by atoms with Crippen LogP contribution in [0.5, 0.6) is 5.75 Å². The van der Waals surface area contributed by atoms with Crippen LogP contribution in [-0.2, 0) is 13.0 Å². The third-order valence-electron chi connectivity index (χ3n) is 3.60. The molecule has 1 aliphatic rings. The number of benzene rings is 2. The zero-order valence-corrected chi connectivity index (χ0v) is 11.6. The molecule has 1 aliphatic heterocycles. The SMILES string of the molecule is COc1ccc(-c2c(Cl)ccc3c2CCNC3)cc1. The molecule has 0 spiro atoms. The lowest BCUT2D eigenvalue weighted by Gasteiger charge is -2.21. The standard InChI is InChI=1S/C16H16ClNO/c1-19-13-5-2-11(3-6-13)16-14-8-9-18-10-12(14)4-7-15(16)17/h2-7,18H,8-10H2,1H3. The van der Waals surface area contributed by atoms with Crippen LogP contribution in [0.25, 0.3) is 11.1 Å². The topological polar surface area (TPSA) is 21.3 Å². The molecule has 0 bridgehead atoms. The lowest BCUT2D eigenvalue weighted by molar-refractivity contribution is 0.415. The molecule has 0 unspecified atom stereocenters. The number of hydrogen-bond donors (Lipinski definition) is 1. The van der Waals surface area contributed by atoms with E-state index in [1.807, 2.05) is 18.2 Å². The van der Waals surface area contributed by atoms with Crippen molar-refractivity contribution >= 4 is 11.6 Å². The van der Waals surface area contributed by atoms with Crippen LogP contribution in [-0.4, -0.2) is 13.7 Å². The second-order valence-corrected chi connectivity index (χ2v) is 5.12. The first-order valence-electron chi connectivity index (χ1n) is 6.45. The van der Waals surface area contributed by atoms with E-state index in [4.69, 9.17) is 16.3 Å². The van der Waals surface area contributed by atoms with Crippen LogP contribution in [0, 0.1) is 0 Å². The summed E-state index contributed by atoms with van der Waals surface area (Å²) in [5, 5.41) is 4.22. The van der Waals surface area contributed by atoms with Crippen LogP contribution < -0.4 is 10.1 Å². The van der Waals surface area contributed by atoms with E-state index in [-0.39, 0.29) is 0 Å². The van der Waals surface area contributed by atoms with Crippen LogP contribution >= 0.6 is 11.6 Å². The molecule has 0 atom stereocenters. The van der Waals surface area contributed by atoms with Crippen molar-refractivity contribution in [3.63, 3.8) is 0 Å². The number of fused-ring (bicyclic) bond motifs is 1. The fraction of sp³-hybridized carbons (Fsp3) is 0.250. The molecule has 0 aromatic heterocycles. The monoisotopic (exact) mass is 273 g/mol. The van der Waals surface area contributed by atoms with Gasteiger partial charge in [-0.1, -0.05) is 29.8 Å². The molecule has 1 heterocycles. The highest BCUT2D eigenvalue weighted by atomic mass is 35.5. The fourth-order valence-electron chi connectivity index (χ4n) is 2.62. The molecule has 1 N–H and O–H groups in total. The summed E-state index contributed by atoms with van der Waals surface area (Å²) < 4.78 is 5.20. The highest BCUT2D eigenvalue weighted by Gasteiger charge is 2.16. The van der Waals surface area contributed by atoms with Crippen molar-refractivity contribution in [3.05, 3.63) is 52.5 Å². The van der Waals surface area contributed by atoms with Gasteiger partial charge in [0.2, 0.25) is 0 Å². The van der Waals surface area contributed by atoms with Crippen LogP contribution in [0.15, 0.2) is 36.4 Å². The largest absolute Gasteiger partial charge is 0.497 e. The lowest BCUT2D eigenvalue weighted by atomic mass is 9.91. The van der Waals surface area contributed by atoms with E-state index in [9.17, 15) is 0 Å². The number of methoxy groups -OCH3 is 1. The van der Waals surface area contributed by atoms with Gasteiger partial charge in [-0.25, -0.2) is 0 Å². The number of nitrogens with one attached hydrogen (secondary N) is 1. The van der Waals surface area contributed by atoms with E-state index in [0.717, 1.165) is 35.8 Å². The summed E-state index contributed by atoms with van der Waals surface area (Å²) in [7, 11) is 1.68. The first-order chi connectivity index (χ1) is 9.29. The van der Waals surface area contributed by atoms with Crippen molar-refractivity contribution in [1.29, 1.82) is 0 Å². The summed E-state index contributed by atoms with van der Waals surface area (Å²) in [5.41, 5.74) is 5.05. The van der Waals surface area contributed by atoms with E-state index in [1.54, 1.807) is 7.11 Å². The maximum Gasteiger partial charge on any atom is 0.118 e. The highest BCUT2D eigenvalue weighted by molar-refractivity contribution is 6.33. The zero-order valence-electron chi connectivity index (χ0n) is 10.9. The minimum absolute atomic E-state index is 0.825. The molecule has 2 aromatic carbocycles. The Kier molecular flexibility index (Phi) is 3.45. The average Bonchev–Trinajstić information content (AvgIpc) is 2.47. The normalized spacial score (nSPS) is 14.0. The Labute approximate surface area is 118 Å². The summed E-state index contributed by atoms with van der Waals surface area (Å²) in [6, 6.07) is 12.2. The van der Waals surface area contributed by atoms with Crippen molar-refractivity contribution in [2.45, 2.75) is 13.0 Å². The molecule has 0 fully saturated rings. The first kappa shape index (κ1) is 12.5. The zero-order chi connectivity index (χ0) is 13.2. The van der Waals surface area contributed by atoms with Gasteiger partial charge in [-0.2, -0.15) is 0 Å². The Balaban J connectivity index is 2.12. The molecule has 0 radical (unpaired) electrons. The van der Waals surface area contributed by atoms with E-state index in [0.29, 0.717) is 0 Å². The van der Waals surface area contributed by atoms with E-state index < -0.39 is 0 Å². The van der Waals surface area contributed by atoms with Gasteiger partial charge in [0.1, 0.15) is 5.75 Å². The van der Waals surface area contributed by atoms with Crippen molar-refractivity contribution in [2.75, 3.05) is 13.7 Å². The first-order valence-corrected chi connectivity index (χ1v) is 6.83. The predicted octanol–water partition coefficient (Wildman–Crippen LogP) is 3.66. The van der Waals surface area contributed by atoms with Crippen LogP contribution in [0.2, 0.25) is 5.02 Å². The van der Waals surface area contributed by atoms with Crippen molar-refractivity contribution in [2.24, 2.45) is 0 Å². The van der Waals surface area contributed by atoms with Gasteiger partial charge >= 0.3 is 0 Å². The lowest BCUT2D eigenvalue weighted by Crippen LogP contribution is -2.24. The fourth-order valence-corrected chi connectivity index (χ4v) is 2.91. The maximum absolute atomic E-state index is 6.42. The Morgan fingerprint density at radius 3 is 2.63 bits per heavy atom. The molecule has 0 saturated carbocycles. The molecule has 0 amide bonds. The van der Waals surface area contributed by atoms with Gasteiger partial charge in [-0.3, -0.25) is 0 Å². The van der Waals surface area contributed by atoms with Crippen molar-refractivity contribution in [3.8, 4) is 16.9 Å². The van der Waals surface area contributed by atoms with Crippen LogP contribution in [0.1, 0.15) is 11.1 Å². The molecular weight excluding hydrogens is 258 g/mol. The second-order valence-electron chi connectivity index (χ2n) is 4.72. The summed E-state index contributed by atoms with van der Waals surface area (Å²) in [6.45, 7) is 1.94. The quantitative estimate of drug-likeness (QED) is 0.902. The molecule has 0 saturated heterocycles. The van der Waals surface area contributed by atoms with E-state index in [2.05, 4.69) is 23.5 Å². The molecule has 3 heteroatoms. The third kappa shape index (κ3) is 2.34. The number of ether oxygens (including phenoxy) is 1. The van der Waals surface area contributed by atoms with Gasteiger partial charge in [-0.05, 0) is 47.9 Å². The van der Waals surface area contributed by atoms with Crippen LogP contribution in [0.3, 0.4) is 0 Å². The van der Waals surface area contributed by atoms with Gasteiger partial charge in [0.05, 0.1) is 7.11 Å². The summed E-state index contributed by atoms with van der Waals surface area (Å²) in [4.78, 5) is 0. The second kappa shape index (κ2) is 5.24. The molecule has 2 nitrogen and oxygen atoms in total. The minimum atomic E-state index is 0.825. The van der Waals surface area contributed by atoms with E-state index in [1.165, 1.54) is 16.7 Å². The third-order valence-corrected chi connectivity index (χ3v) is 3.92. The summed E-state index contributed by atoms with van der Waals surface area (Å²) in [5.74, 6) is 0.867. The smallest absolute Gasteiger partial charge is 0.118 e. The predicted molar refractivity (Wildman–Crippen MR) is 78.9 cm³/mol. The average molecular weight is 274 g/mol. The molecule has 98 valence electrons. The minimum Gasteiger partial charge on any atom is -0.497 e. The van der Waals surface area contributed by atoms with Gasteiger partial charge in [-0.15, -0.1) is 0 Å². The number of rotatable bonds is 2. The van der Waals surface area contributed by atoms with Crippen molar-refractivity contribution in [1.82, 2.24) is 5.32 Å². The number of halogens is 1. The maximum atomic E-state index is 6.42. The molecule has 0 aliphatic carbocycles. The van der Waals surface area contributed by atoms with Crippen LogP contribution in [0.4, 0.5) is 0 Å². The van der Waals surface area contributed by atoms with Crippen molar-refractivity contribution < 1.29 is 4.74 Å². The van der Waals surface area contributed by atoms with Gasteiger partial charge in [0.15, 0.2) is 0 Å². The molecule has 3 rings (SSSR count). The Morgan fingerprint density at radius 1 is 1.11 bits per heavy atom. The van der Waals surface area contributed by atoms with Gasteiger partial charge < -0.3 is 10.1 Å². The Morgan fingerprint density at radius 2 is 1.89 bits per heavy atom. The molecule has 19 heavy (non-hydrogen) atoms.